The number of hydrogen-bond donors (Lipinski definition) is 1. The van der Waals surface area contributed by atoms with Crippen LogP contribution >= 0.6 is 0 Å². The van der Waals surface area contributed by atoms with Crippen LogP contribution in [-0.2, 0) is 4.79 Å². The Kier molecular flexibility index (Phi) is 9.73. The van der Waals surface area contributed by atoms with Gasteiger partial charge in [0.25, 0.3) is 0 Å². The molecular weight excluding hydrogens is 260 g/mol. The van der Waals surface area contributed by atoms with E-state index in [1.165, 1.54) is 44.9 Å². The maximum Gasteiger partial charge on any atom is 0.222 e. The van der Waals surface area contributed by atoms with Crippen molar-refractivity contribution in [3.8, 4) is 0 Å². The number of amides is 1. The van der Waals surface area contributed by atoms with Crippen LogP contribution in [0.4, 0.5) is 0 Å². The highest BCUT2D eigenvalue weighted by Crippen LogP contribution is 2.12. The minimum absolute atomic E-state index is 0.368. The van der Waals surface area contributed by atoms with Crippen molar-refractivity contribution in [1.29, 1.82) is 0 Å². The molecule has 1 N–H and O–H groups in total. The largest absolute Gasteiger partial charge is 0.341 e. The molecule has 124 valence electrons. The monoisotopic (exact) mass is 296 g/mol. The predicted molar refractivity (Wildman–Crippen MR) is 90.4 cm³/mol. The van der Waals surface area contributed by atoms with Crippen LogP contribution in [0.15, 0.2) is 0 Å². The molecule has 0 aromatic heterocycles. The van der Waals surface area contributed by atoms with Crippen LogP contribution in [0.25, 0.3) is 0 Å². The molecule has 3 heteroatoms. The Bertz CT molecular complexity index is 272. The summed E-state index contributed by atoms with van der Waals surface area (Å²) in [5.74, 6) is 0.924. The lowest BCUT2D eigenvalue weighted by Gasteiger charge is -2.27. The Labute approximate surface area is 131 Å². The number of nitrogens with one attached hydrogen (secondary N) is 1. The summed E-state index contributed by atoms with van der Waals surface area (Å²) >= 11 is 0. The van der Waals surface area contributed by atoms with Crippen molar-refractivity contribution < 1.29 is 4.79 Å². The molecule has 0 spiro atoms. The number of hydrogen-bond acceptors (Lipinski definition) is 2. The summed E-state index contributed by atoms with van der Waals surface area (Å²) in [6.07, 6.45) is 10.7. The first-order valence-corrected chi connectivity index (χ1v) is 9.14. The van der Waals surface area contributed by atoms with Gasteiger partial charge in [0.15, 0.2) is 0 Å². The van der Waals surface area contributed by atoms with E-state index in [2.05, 4.69) is 31.0 Å². The van der Waals surface area contributed by atoms with Crippen molar-refractivity contribution in [1.82, 2.24) is 10.2 Å². The van der Waals surface area contributed by atoms with Gasteiger partial charge in [0.2, 0.25) is 5.91 Å². The maximum atomic E-state index is 12.5. The molecule has 3 nitrogen and oxygen atoms in total. The van der Waals surface area contributed by atoms with Gasteiger partial charge in [0.05, 0.1) is 0 Å². The number of carbonyl (C=O) groups is 1. The summed E-state index contributed by atoms with van der Waals surface area (Å²) in [7, 11) is 0. The first-order chi connectivity index (χ1) is 10.1. The van der Waals surface area contributed by atoms with Gasteiger partial charge in [-0.15, -0.1) is 0 Å². The van der Waals surface area contributed by atoms with Crippen molar-refractivity contribution in [2.75, 3.05) is 19.6 Å². The van der Waals surface area contributed by atoms with Crippen molar-refractivity contribution in [3.63, 3.8) is 0 Å². The average molecular weight is 296 g/mol. The quantitative estimate of drug-likeness (QED) is 0.585. The summed E-state index contributed by atoms with van der Waals surface area (Å²) < 4.78 is 0. The molecular formula is C18H36N2O. The highest BCUT2D eigenvalue weighted by Gasteiger charge is 2.21. The van der Waals surface area contributed by atoms with E-state index in [1.807, 2.05) is 0 Å². The molecule has 1 atom stereocenters. The zero-order chi connectivity index (χ0) is 15.5. The number of nitrogens with zero attached hydrogens (tertiary/aromatic N) is 1. The Balaban J connectivity index is 2.25. The fourth-order valence-corrected chi connectivity index (χ4v) is 3.11. The van der Waals surface area contributed by atoms with E-state index in [9.17, 15) is 4.79 Å². The third kappa shape index (κ3) is 8.45. The average Bonchev–Trinajstić information content (AvgIpc) is 2.94. The zero-order valence-corrected chi connectivity index (χ0v) is 14.5. The van der Waals surface area contributed by atoms with Crippen LogP contribution in [-0.4, -0.2) is 36.5 Å². The lowest BCUT2D eigenvalue weighted by molar-refractivity contribution is -0.132. The minimum atomic E-state index is 0.368. The molecule has 0 aliphatic carbocycles. The van der Waals surface area contributed by atoms with Gasteiger partial charge >= 0.3 is 0 Å². The summed E-state index contributed by atoms with van der Waals surface area (Å²) in [4.78, 5) is 14.6. The van der Waals surface area contributed by atoms with Crippen LogP contribution in [0.5, 0.6) is 0 Å². The molecule has 0 radical (unpaired) electrons. The fraction of sp³-hybridized carbons (Fsp3) is 0.944. The number of carbonyl (C=O) groups excluding carboxylic acids is 1. The van der Waals surface area contributed by atoms with E-state index < -0.39 is 0 Å². The predicted octanol–water partition coefficient (Wildman–Crippen LogP) is 3.97. The van der Waals surface area contributed by atoms with Crippen molar-refractivity contribution in [2.45, 2.75) is 84.6 Å². The summed E-state index contributed by atoms with van der Waals surface area (Å²) in [5.41, 5.74) is 0. The Hall–Kier alpha value is -0.570. The van der Waals surface area contributed by atoms with Gasteiger partial charge in [0.1, 0.15) is 0 Å². The Morgan fingerprint density at radius 1 is 1.19 bits per heavy atom. The van der Waals surface area contributed by atoms with Gasteiger partial charge in [-0.25, -0.2) is 0 Å². The second-order valence-electron chi connectivity index (χ2n) is 7.00. The van der Waals surface area contributed by atoms with Gasteiger partial charge in [0, 0.05) is 25.6 Å². The first kappa shape index (κ1) is 18.5. The lowest BCUT2D eigenvalue weighted by atomic mass is 10.1. The number of unbranched alkanes of at least 4 members (excludes halogenated alkanes) is 5. The van der Waals surface area contributed by atoms with Gasteiger partial charge < -0.3 is 10.2 Å². The van der Waals surface area contributed by atoms with Gasteiger partial charge in [-0.3, -0.25) is 4.79 Å². The Morgan fingerprint density at radius 2 is 1.90 bits per heavy atom. The molecule has 1 unspecified atom stereocenters. The van der Waals surface area contributed by atoms with E-state index in [0.29, 0.717) is 17.9 Å². The van der Waals surface area contributed by atoms with Crippen LogP contribution in [0.3, 0.4) is 0 Å². The van der Waals surface area contributed by atoms with E-state index >= 15 is 0 Å². The standard InChI is InChI=1S/C18H36N2O/c1-4-5-6-7-8-9-12-18(21)20(14-16(2)3)15-17-11-10-13-19-17/h16-17,19H,4-15H2,1-3H3. The lowest BCUT2D eigenvalue weighted by Crippen LogP contribution is -2.42. The normalized spacial score (nSPS) is 18.4. The topological polar surface area (TPSA) is 32.3 Å². The molecule has 21 heavy (non-hydrogen) atoms. The van der Waals surface area contributed by atoms with Crippen molar-refractivity contribution in [2.24, 2.45) is 5.92 Å². The number of rotatable bonds is 11. The third-order valence-corrected chi connectivity index (χ3v) is 4.29. The van der Waals surface area contributed by atoms with E-state index in [1.54, 1.807) is 0 Å². The highest BCUT2D eigenvalue weighted by atomic mass is 16.2. The van der Waals surface area contributed by atoms with Crippen LogP contribution < -0.4 is 5.32 Å². The molecule has 1 heterocycles. The Morgan fingerprint density at radius 3 is 2.52 bits per heavy atom. The zero-order valence-electron chi connectivity index (χ0n) is 14.5. The van der Waals surface area contributed by atoms with E-state index in [4.69, 9.17) is 0 Å². The second-order valence-corrected chi connectivity index (χ2v) is 7.00. The SMILES string of the molecule is CCCCCCCCC(=O)N(CC(C)C)CC1CCCN1. The molecule has 0 aromatic rings. The molecule has 1 amide bonds. The smallest absolute Gasteiger partial charge is 0.222 e. The van der Waals surface area contributed by atoms with E-state index in [-0.39, 0.29) is 0 Å². The second kappa shape index (κ2) is 11.1. The molecule has 0 saturated carbocycles. The fourth-order valence-electron chi connectivity index (χ4n) is 3.11. The van der Waals surface area contributed by atoms with Crippen LogP contribution in [0.1, 0.15) is 78.6 Å². The maximum absolute atomic E-state index is 12.5. The van der Waals surface area contributed by atoms with E-state index in [0.717, 1.165) is 32.5 Å². The molecule has 0 bridgehead atoms. The minimum Gasteiger partial charge on any atom is -0.341 e. The van der Waals surface area contributed by atoms with Crippen molar-refractivity contribution in [3.05, 3.63) is 0 Å². The molecule has 1 rings (SSSR count). The summed E-state index contributed by atoms with van der Waals surface area (Å²) in [6.45, 7) is 9.58. The molecule has 1 fully saturated rings. The molecule has 1 aliphatic heterocycles. The third-order valence-electron chi connectivity index (χ3n) is 4.29. The van der Waals surface area contributed by atoms with Crippen molar-refractivity contribution >= 4 is 5.91 Å². The van der Waals surface area contributed by atoms with Gasteiger partial charge in [-0.1, -0.05) is 52.9 Å². The molecule has 1 saturated heterocycles. The van der Waals surface area contributed by atoms with Gasteiger partial charge in [-0.05, 0) is 31.7 Å². The van der Waals surface area contributed by atoms with Gasteiger partial charge in [-0.2, -0.15) is 0 Å². The van der Waals surface area contributed by atoms with Crippen LogP contribution in [0, 0.1) is 5.92 Å². The summed E-state index contributed by atoms with van der Waals surface area (Å²) in [6, 6.07) is 0.525. The summed E-state index contributed by atoms with van der Waals surface area (Å²) in [5, 5.41) is 3.51. The van der Waals surface area contributed by atoms with Crippen LogP contribution in [0.2, 0.25) is 0 Å². The first-order valence-electron chi connectivity index (χ1n) is 9.14. The highest BCUT2D eigenvalue weighted by molar-refractivity contribution is 5.76. The molecule has 0 aromatic carbocycles. The molecule has 1 aliphatic rings.